The molecule has 0 saturated heterocycles. The fourth-order valence-electron chi connectivity index (χ4n) is 3.81. The van der Waals surface area contributed by atoms with Crippen molar-refractivity contribution in [3.05, 3.63) is 83.2 Å². The number of nitrogens with zero attached hydrogens (tertiary/aromatic N) is 2. The molecule has 0 spiro atoms. The lowest BCUT2D eigenvalue weighted by atomic mass is 10.0. The third-order valence-corrected chi connectivity index (χ3v) is 5.89. The monoisotopic (exact) mass is 441 g/mol. The van der Waals surface area contributed by atoms with Gasteiger partial charge in [-0.1, -0.05) is 25.5 Å². The molecular formula is C28H31N3O2. The first-order valence-electron chi connectivity index (χ1n) is 11.5. The summed E-state index contributed by atoms with van der Waals surface area (Å²) in [5, 5.41) is 3.01. The molecule has 0 aliphatic rings. The van der Waals surface area contributed by atoms with Crippen LogP contribution in [0.2, 0.25) is 0 Å². The van der Waals surface area contributed by atoms with Crippen LogP contribution in [0.15, 0.2) is 60.8 Å². The molecule has 0 radical (unpaired) electrons. The van der Waals surface area contributed by atoms with Crippen molar-refractivity contribution < 1.29 is 9.53 Å². The van der Waals surface area contributed by atoms with E-state index in [2.05, 4.69) is 44.3 Å². The predicted molar refractivity (Wildman–Crippen MR) is 134 cm³/mol. The van der Waals surface area contributed by atoms with Gasteiger partial charge in [0.2, 0.25) is 5.91 Å². The molecule has 1 amide bonds. The maximum atomic E-state index is 13.0. The summed E-state index contributed by atoms with van der Waals surface area (Å²) in [6, 6.07) is 17.9. The van der Waals surface area contributed by atoms with Crippen LogP contribution >= 0.6 is 0 Å². The molecule has 0 unspecified atom stereocenters. The van der Waals surface area contributed by atoms with Crippen LogP contribution in [-0.2, 0) is 11.2 Å². The summed E-state index contributed by atoms with van der Waals surface area (Å²) in [4.78, 5) is 17.9. The number of amides is 1. The maximum Gasteiger partial charge on any atom is 0.230 e. The topological polar surface area (TPSA) is 55.6 Å². The van der Waals surface area contributed by atoms with Crippen LogP contribution < -0.4 is 10.1 Å². The van der Waals surface area contributed by atoms with Gasteiger partial charge in [0.05, 0.1) is 24.4 Å². The molecule has 1 N–H and O–H groups in total. The lowest BCUT2D eigenvalue weighted by Gasteiger charge is -2.10. The first-order chi connectivity index (χ1) is 15.9. The van der Waals surface area contributed by atoms with Crippen molar-refractivity contribution in [2.24, 2.45) is 0 Å². The van der Waals surface area contributed by atoms with E-state index in [1.54, 1.807) is 0 Å². The number of hydrogen-bond donors (Lipinski definition) is 1. The van der Waals surface area contributed by atoms with Crippen molar-refractivity contribution in [1.29, 1.82) is 0 Å². The van der Waals surface area contributed by atoms with Crippen LogP contribution in [0.25, 0.3) is 16.9 Å². The van der Waals surface area contributed by atoms with Gasteiger partial charge in [0.25, 0.3) is 0 Å². The Balaban J connectivity index is 1.58. The lowest BCUT2D eigenvalue weighted by Crippen LogP contribution is -2.16. The first kappa shape index (κ1) is 22.6. The highest BCUT2D eigenvalue weighted by Gasteiger charge is 2.18. The normalized spacial score (nSPS) is 11.0. The number of ether oxygens (including phenoxy) is 1. The number of aryl methyl sites for hydroxylation is 3. The van der Waals surface area contributed by atoms with Crippen molar-refractivity contribution in [3.63, 3.8) is 0 Å². The quantitative estimate of drug-likeness (QED) is 0.327. The molecule has 2 aromatic carbocycles. The van der Waals surface area contributed by atoms with E-state index in [0.717, 1.165) is 52.4 Å². The fraction of sp³-hybridized carbons (Fsp3) is 0.286. The van der Waals surface area contributed by atoms with E-state index >= 15 is 0 Å². The SMILES string of the molecule is CCCCOc1ccc(NC(=O)Cc2c(-c3ccc(C)c(C)c3)nc3cc(C)ccn23)cc1. The van der Waals surface area contributed by atoms with E-state index in [-0.39, 0.29) is 12.3 Å². The standard InChI is InChI=1S/C28H31N3O2/c1-5-6-15-33-24-11-9-23(10-12-24)29-27(32)18-25-28(22-8-7-20(3)21(4)17-22)30-26-16-19(2)13-14-31(25)26/h7-14,16-17H,5-6,15,18H2,1-4H3,(H,29,32). The predicted octanol–water partition coefficient (Wildman–Crippen LogP) is 6.29. The zero-order valence-electron chi connectivity index (χ0n) is 19.8. The highest BCUT2D eigenvalue weighted by molar-refractivity contribution is 5.93. The Morgan fingerprint density at radius 2 is 1.79 bits per heavy atom. The van der Waals surface area contributed by atoms with E-state index in [1.807, 2.05) is 53.9 Å². The third-order valence-electron chi connectivity index (χ3n) is 5.89. The number of carbonyl (C=O) groups is 1. The summed E-state index contributed by atoms with van der Waals surface area (Å²) in [5.74, 6) is 0.734. The average Bonchev–Trinajstić information content (AvgIpc) is 3.14. The second-order valence-electron chi connectivity index (χ2n) is 8.59. The van der Waals surface area contributed by atoms with Gasteiger partial charge in [-0.25, -0.2) is 4.98 Å². The summed E-state index contributed by atoms with van der Waals surface area (Å²) < 4.78 is 7.72. The van der Waals surface area contributed by atoms with Crippen LogP contribution in [-0.4, -0.2) is 21.9 Å². The van der Waals surface area contributed by atoms with Crippen molar-refractivity contribution in [2.45, 2.75) is 47.0 Å². The highest BCUT2D eigenvalue weighted by Crippen LogP contribution is 2.27. The van der Waals surface area contributed by atoms with Gasteiger partial charge in [0.15, 0.2) is 0 Å². The van der Waals surface area contributed by atoms with Gasteiger partial charge in [-0.2, -0.15) is 0 Å². The molecule has 0 saturated carbocycles. The second kappa shape index (κ2) is 9.90. The number of pyridine rings is 1. The molecule has 0 atom stereocenters. The summed E-state index contributed by atoms with van der Waals surface area (Å²) in [6.45, 7) is 9.09. The summed E-state index contributed by atoms with van der Waals surface area (Å²) in [5.41, 5.74) is 7.92. The van der Waals surface area contributed by atoms with Crippen molar-refractivity contribution in [2.75, 3.05) is 11.9 Å². The number of carbonyl (C=O) groups excluding carboxylic acids is 1. The minimum absolute atomic E-state index is 0.0814. The zero-order valence-corrected chi connectivity index (χ0v) is 19.8. The lowest BCUT2D eigenvalue weighted by molar-refractivity contribution is -0.115. The van der Waals surface area contributed by atoms with Gasteiger partial charge in [0, 0.05) is 17.4 Å². The Morgan fingerprint density at radius 1 is 1.00 bits per heavy atom. The fourth-order valence-corrected chi connectivity index (χ4v) is 3.81. The van der Waals surface area contributed by atoms with E-state index < -0.39 is 0 Å². The van der Waals surface area contributed by atoms with E-state index in [4.69, 9.17) is 9.72 Å². The summed E-state index contributed by atoms with van der Waals surface area (Å²) >= 11 is 0. The number of aromatic nitrogens is 2. The molecule has 0 bridgehead atoms. The van der Waals surface area contributed by atoms with Gasteiger partial charge in [-0.15, -0.1) is 0 Å². The first-order valence-corrected chi connectivity index (χ1v) is 11.5. The number of fused-ring (bicyclic) bond motifs is 1. The molecule has 170 valence electrons. The minimum Gasteiger partial charge on any atom is -0.494 e. The van der Waals surface area contributed by atoms with E-state index in [0.29, 0.717) is 6.61 Å². The van der Waals surface area contributed by atoms with Gasteiger partial charge < -0.3 is 14.5 Å². The number of imidazole rings is 1. The Labute approximate surface area is 195 Å². The molecular weight excluding hydrogens is 410 g/mol. The second-order valence-corrected chi connectivity index (χ2v) is 8.59. The van der Waals surface area contributed by atoms with Gasteiger partial charge >= 0.3 is 0 Å². The number of benzene rings is 2. The summed E-state index contributed by atoms with van der Waals surface area (Å²) in [7, 11) is 0. The van der Waals surface area contributed by atoms with Crippen LogP contribution in [0.4, 0.5) is 5.69 Å². The van der Waals surface area contributed by atoms with Gasteiger partial charge in [-0.3, -0.25) is 4.79 Å². The molecule has 2 aromatic heterocycles. The van der Waals surface area contributed by atoms with Crippen molar-refractivity contribution in [3.8, 4) is 17.0 Å². The Bertz CT molecular complexity index is 1270. The largest absolute Gasteiger partial charge is 0.494 e. The number of nitrogens with one attached hydrogen (secondary N) is 1. The third kappa shape index (κ3) is 5.25. The molecule has 5 nitrogen and oxygen atoms in total. The Morgan fingerprint density at radius 3 is 2.52 bits per heavy atom. The molecule has 4 aromatic rings. The Hall–Kier alpha value is -3.60. The van der Waals surface area contributed by atoms with Gasteiger partial charge in [0.1, 0.15) is 11.4 Å². The van der Waals surface area contributed by atoms with Crippen LogP contribution in [0.3, 0.4) is 0 Å². The number of unbranched alkanes of at least 4 members (excludes halogenated alkanes) is 1. The van der Waals surface area contributed by atoms with E-state index in [1.165, 1.54) is 11.1 Å². The number of hydrogen-bond acceptors (Lipinski definition) is 3. The molecule has 0 fully saturated rings. The number of rotatable bonds is 8. The molecule has 0 aliphatic carbocycles. The smallest absolute Gasteiger partial charge is 0.230 e. The molecule has 5 heteroatoms. The average molecular weight is 442 g/mol. The van der Waals surface area contributed by atoms with Crippen molar-refractivity contribution in [1.82, 2.24) is 9.38 Å². The van der Waals surface area contributed by atoms with Gasteiger partial charge in [-0.05, 0) is 86.3 Å². The van der Waals surface area contributed by atoms with Crippen LogP contribution in [0, 0.1) is 20.8 Å². The number of anilines is 1. The van der Waals surface area contributed by atoms with Crippen molar-refractivity contribution >= 4 is 17.2 Å². The van der Waals surface area contributed by atoms with Crippen LogP contribution in [0.1, 0.15) is 42.1 Å². The van der Waals surface area contributed by atoms with Crippen LogP contribution in [0.5, 0.6) is 5.75 Å². The zero-order chi connectivity index (χ0) is 23.4. The molecule has 0 aliphatic heterocycles. The Kier molecular flexibility index (Phi) is 6.78. The summed E-state index contributed by atoms with van der Waals surface area (Å²) in [6.07, 6.45) is 4.34. The maximum absolute atomic E-state index is 13.0. The highest BCUT2D eigenvalue weighted by atomic mass is 16.5. The molecule has 33 heavy (non-hydrogen) atoms. The molecule has 4 rings (SSSR count). The minimum atomic E-state index is -0.0814. The van der Waals surface area contributed by atoms with E-state index in [9.17, 15) is 4.79 Å². The molecule has 2 heterocycles.